The minimum atomic E-state index is -0.463. The Bertz CT molecular complexity index is 504. The number of carbonyl (C=O) groups excluding carboxylic acids is 1. The Morgan fingerprint density at radius 2 is 2.17 bits per heavy atom. The molecule has 0 radical (unpaired) electrons. The van der Waals surface area contributed by atoms with Crippen LogP contribution in [0.2, 0.25) is 0 Å². The zero-order chi connectivity index (χ0) is 13.3. The third kappa shape index (κ3) is 2.00. The lowest BCUT2D eigenvalue weighted by Crippen LogP contribution is -2.37. The first-order valence-electron chi connectivity index (χ1n) is 5.70. The Labute approximate surface area is 112 Å². The van der Waals surface area contributed by atoms with E-state index in [4.69, 9.17) is 17.1 Å². The fourth-order valence-electron chi connectivity index (χ4n) is 2.15. The quantitative estimate of drug-likeness (QED) is 0.670. The van der Waals surface area contributed by atoms with Crippen molar-refractivity contribution in [2.24, 2.45) is 0 Å². The predicted octanol–water partition coefficient (Wildman–Crippen LogP) is 2.11. The number of thiocarbonyl (C=S) groups is 1. The molecule has 1 heterocycles. The summed E-state index contributed by atoms with van der Waals surface area (Å²) in [6.45, 7) is 1.98. The van der Waals surface area contributed by atoms with Crippen molar-refractivity contribution in [3.63, 3.8) is 0 Å². The average molecular weight is 264 g/mol. The van der Waals surface area contributed by atoms with E-state index in [2.05, 4.69) is 5.32 Å². The Hall–Kier alpha value is -1.46. The number of nitrogens with one attached hydrogen (secondary N) is 1. The highest BCUT2D eigenvalue weighted by atomic mass is 32.1. The third-order valence-corrected chi connectivity index (χ3v) is 3.95. The van der Waals surface area contributed by atoms with Crippen LogP contribution in [-0.2, 0) is 15.0 Å². The van der Waals surface area contributed by atoms with Gasteiger partial charge in [0.2, 0.25) is 5.91 Å². The number of anilines is 1. The molecule has 0 fully saturated rings. The number of hydrogen-bond donors (Lipinski definition) is 1. The molecule has 0 bridgehead atoms. The molecule has 5 heteroatoms. The molecule has 96 valence electrons. The zero-order valence-corrected chi connectivity index (χ0v) is 11.5. The van der Waals surface area contributed by atoms with E-state index in [1.807, 2.05) is 31.2 Å². The maximum atomic E-state index is 12.0. The Morgan fingerprint density at radius 1 is 1.50 bits per heavy atom. The number of amides is 1. The first-order valence-corrected chi connectivity index (χ1v) is 6.11. The van der Waals surface area contributed by atoms with Crippen molar-refractivity contribution in [3.05, 3.63) is 29.8 Å². The van der Waals surface area contributed by atoms with Gasteiger partial charge in [0.25, 0.3) is 0 Å². The van der Waals surface area contributed by atoms with Crippen LogP contribution in [0.15, 0.2) is 24.3 Å². The molecule has 1 aliphatic heterocycles. The van der Waals surface area contributed by atoms with Gasteiger partial charge in [0, 0.05) is 19.2 Å². The van der Waals surface area contributed by atoms with Crippen LogP contribution >= 0.6 is 12.2 Å². The monoisotopic (exact) mass is 264 g/mol. The minimum Gasteiger partial charge on any atom is -0.349 e. The molecular formula is C13H16N2O2S. The van der Waals surface area contributed by atoms with E-state index in [9.17, 15) is 4.79 Å². The molecule has 2 rings (SSSR count). The van der Waals surface area contributed by atoms with E-state index < -0.39 is 5.41 Å². The summed E-state index contributed by atoms with van der Waals surface area (Å²) in [7, 11) is 3.07. The van der Waals surface area contributed by atoms with Gasteiger partial charge >= 0.3 is 0 Å². The van der Waals surface area contributed by atoms with E-state index in [1.165, 1.54) is 12.2 Å². The van der Waals surface area contributed by atoms with Crippen molar-refractivity contribution in [3.8, 4) is 0 Å². The van der Waals surface area contributed by atoms with Crippen LogP contribution < -0.4 is 5.32 Å². The Balaban J connectivity index is 2.31. The van der Waals surface area contributed by atoms with E-state index in [1.54, 1.807) is 7.05 Å². The maximum Gasteiger partial charge on any atom is 0.247 e. The fourth-order valence-corrected chi connectivity index (χ4v) is 2.44. The van der Waals surface area contributed by atoms with Crippen LogP contribution in [0.5, 0.6) is 0 Å². The number of carbonyl (C=O) groups is 1. The summed E-state index contributed by atoms with van der Waals surface area (Å²) in [6.07, 6.45) is 0.292. The van der Waals surface area contributed by atoms with Crippen LogP contribution in [0, 0.1) is 0 Å². The summed E-state index contributed by atoms with van der Waals surface area (Å²) in [4.78, 5) is 17.6. The van der Waals surface area contributed by atoms with Gasteiger partial charge in [-0.1, -0.05) is 30.4 Å². The molecule has 1 unspecified atom stereocenters. The van der Waals surface area contributed by atoms with E-state index in [-0.39, 0.29) is 5.91 Å². The van der Waals surface area contributed by atoms with Crippen LogP contribution in [0.1, 0.15) is 18.9 Å². The highest BCUT2D eigenvalue weighted by molar-refractivity contribution is 7.80. The first-order chi connectivity index (χ1) is 8.49. The van der Waals surface area contributed by atoms with Crippen molar-refractivity contribution in [2.75, 3.05) is 19.5 Å². The van der Waals surface area contributed by atoms with Crippen LogP contribution in [0.25, 0.3) is 0 Å². The average Bonchev–Trinajstić information content (AvgIpc) is 2.61. The summed E-state index contributed by atoms with van der Waals surface area (Å²) in [6, 6.07) is 7.87. The van der Waals surface area contributed by atoms with Crippen LogP contribution in [0.3, 0.4) is 0 Å². The van der Waals surface area contributed by atoms with Gasteiger partial charge in [0.1, 0.15) is 0 Å². The number of para-hydroxylation sites is 1. The molecule has 0 aliphatic carbocycles. The second-order valence-corrected chi connectivity index (χ2v) is 4.99. The van der Waals surface area contributed by atoms with E-state index >= 15 is 0 Å². The molecule has 18 heavy (non-hydrogen) atoms. The molecule has 0 saturated carbocycles. The fraction of sp³-hybridized carbons (Fsp3) is 0.385. The lowest BCUT2D eigenvalue weighted by molar-refractivity contribution is -0.169. The lowest BCUT2D eigenvalue weighted by Gasteiger charge is -2.25. The van der Waals surface area contributed by atoms with Gasteiger partial charge in [-0.3, -0.25) is 9.63 Å². The minimum absolute atomic E-state index is 0.0964. The number of nitrogens with zero attached hydrogens (tertiary/aromatic N) is 1. The van der Waals surface area contributed by atoms with Gasteiger partial charge in [-0.2, -0.15) is 0 Å². The number of benzene rings is 1. The van der Waals surface area contributed by atoms with Crippen molar-refractivity contribution >= 4 is 28.8 Å². The summed E-state index contributed by atoms with van der Waals surface area (Å²) in [5, 5.41) is 4.40. The highest BCUT2D eigenvalue weighted by Crippen LogP contribution is 2.40. The molecular weight excluding hydrogens is 248 g/mol. The first kappa shape index (κ1) is 13.0. The zero-order valence-electron chi connectivity index (χ0n) is 10.7. The number of rotatable bonds is 3. The van der Waals surface area contributed by atoms with E-state index in [0.717, 1.165) is 11.3 Å². The summed E-state index contributed by atoms with van der Waals surface area (Å²) < 4.78 is 0. The molecule has 4 nitrogen and oxygen atoms in total. The normalized spacial score (nSPS) is 21.4. The van der Waals surface area contributed by atoms with Gasteiger partial charge in [-0.05, 0) is 18.6 Å². The van der Waals surface area contributed by atoms with E-state index in [0.29, 0.717) is 11.4 Å². The Morgan fingerprint density at radius 3 is 2.83 bits per heavy atom. The van der Waals surface area contributed by atoms with Gasteiger partial charge in [-0.25, -0.2) is 5.06 Å². The SMILES string of the molecule is CON(C)C(=O)CC1(C)C(=S)Nc2ccccc21. The predicted molar refractivity (Wildman–Crippen MR) is 74.4 cm³/mol. The van der Waals surface area contributed by atoms with Gasteiger partial charge < -0.3 is 5.32 Å². The highest BCUT2D eigenvalue weighted by Gasteiger charge is 2.41. The van der Waals surface area contributed by atoms with Crippen molar-refractivity contribution in [2.45, 2.75) is 18.8 Å². The number of fused-ring (bicyclic) bond motifs is 1. The van der Waals surface area contributed by atoms with Crippen molar-refractivity contribution in [1.29, 1.82) is 0 Å². The topological polar surface area (TPSA) is 41.6 Å². The van der Waals surface area contributed by atoms with Gasteiger partial charge in [0.15, 0.2) is 0 Å². The van der Waals surface area contributed by atoms with Crippen molar-refractivity contribution < 1.29 is 9.63 Å². The molecule has 0 saturated heterocycles. The summed E-state index contributed by atoms with van der Waals surface area (Å²) in [5.74, 6) is -0.0964. The second-order valence-electron chi connectivity index (χ2n) is 4.58. The molecule has 1 aliphatic rings. The molecule has 0 spiro atoms. The molecule has 1 aromatic carbocycles. The smallest absolute Gasteiger partial charge is 0.247 e. The molecule has 1 aromatic rings. The summed E-state index contributed by atoms with van der Waals surface area (Å²) >= 11 is 5.38. The van der Waals surface area contributed by atoms with Crippen LogP contribution in [-0.4, -0.2) is 30.1 Å². The van der Waals surface area contributed by atoms with Crippen molar-refractivity contribution in [1.82, 2.24) is 5.06 Å². The standard InChI is InChI=1S/C13H16N2O2S/c1-13(8-11(16)15(2)17-3)9-6-4-5-7-10(9)14-12(13)18/h4-7H,8H2,1-3H3,(H,14,18). The summed E-state index contributed by atoms with van der Waals surface area (Å²) in [5.41, 5.74) is 1.58. The Kier molecular flexibility index (Phi) is 3.36. The molecule has 1 N–H and O–H groups in total. The lowest BCUT2D eigenvalue weighted by atomic mass is 9.81. The maximum absolute atomic E-state index is 12.0. The largest absolute Gasteiger partial charge is 0.349 e. The molecule has 1 amide bonds. The van der Waals surface area contributed by atoms with Crippen LogP contribution in [0.4, 0.5) is 5.69 Å². The second kappa shape index (κ2) is 4.66. The third-order valence-electron chi connectivity index (χ3n) is 3.40. The van der Waals surface area contributed by atoms with Gasteiger partial charge in [-0.15, -0.1) is 0 Å². The number of hydroxylamine groups is 2. The van der Waals surface area contributed by atoms with Gasteiger partial charge in [0.05, 0.1) is 17.5 Å². The molecule has 0 aromatic heterocycles. The number of hydrogen-bond acceptors (Lipinski definition) is 3. The molecule has 1 atom stereocenters.